The molecule has 0 saturated carbocycles. The maximum absolute atomic E-state index is 12.1. The topological polar surface area (TPSA) is 64.7 Å². The first kappa shape index (κ1) is 15.0. The molecule has 1 amide bonds. The number of amides is 1. The Hall–Kier alpha value is -2.89. The van der Waals surface area contributed by atoms with Gasteiger partial charge in [0.05, 0.1) is 12.0 Å². The lowest BCUT2D eigenvalue weighted by Gasteiger charge is -2.19. The van der Waals surface area contributed by atoms with Crippen LogP contribution in [0.4, 0.5) is 4.79 Å². The second-order valence-electron chi connectivity index (χ2n) is 6.34. The van der Waals surface area contributed by atoms with E-state index in [1.807, 2.05) is 61.9 Å². The average molecular weight is 309 g/mol. The van der Waals surface area contributed by atoms with Crippen LogP contribution in [0.25, 0.3) is 16.9 Å². The normalized spacial score (nSPS) is 11.4. The average Bonchev–Trinajstić information content (AvgIpc) is 3.18. The molecule has 0 atom stereocenters. The number of hydrogen-bond acceptors (Lipinski definition) is 3. The summed E-state index contributed by atoms with van der Waals surface area (Å²) in [6.07, 6.45) is 7.05. The highest BCUT2D eigenvalue weighted by Crippen LogP contribution is 2.19. The number of rotatable bonds is 2. The minimum Gasteiger partial charge on any atom is -0.332 e. The lowest BCUT2D eigenvalue weighted by atomic mass is 10.1. The predicted molar refractivity (Wildman–Crippen MR) is 88.5 cm³/mol. The van der Waals surface area contributed by atoms with E-state index in [1.54, 1.807) is 18.7 Å². The molecule has 3 rings (SSSR count). The number of aromatic nitrogens is 4. The van der Waals surface area contributed by atoms with Crippen molar-refractivity contribution in [1.29, 1.82) is 0 Å². The molecule has 0 aliphatic carbocycles. The Bertz CT molecular complexity index is 794. The van der Waals surface area contributed by atoms with Crippen molar-refractivity contribution in [2.24, 2.45) is 0 Å². The van der Waals surface area contributed by atoms with E-state index < -0.39 is 0 Å². The fraction of sp³-hybridized carbons (Fsp3) is 0.235. The predicted octanol–water partition coefficient (Wildman–Crippen LogP) is 3.09. The van der Waals surface area contributed by atoms with E-state index in [4.69, 9.17) is 0 Å². The van der Waals surface area contributed by atoms with Gasteiger partial charge in [0.25, 0.3) is 0 Å². The van der Waals surface area contributed by atoms with Gasteiger partial charge in [0.15, 0.2) is 0 Å². The third-order valence-corrected chi connectivity index (χ3v) is 3.24. The van der Waals surface area contributed by atoms with Crippen LogP contribution in [0.15, 0.2) is 55.2 Å². The number of benzene rings is 1. The third-order valence-electron chi connectivity index (χ3n) is 3.24. The Balaban J connectivity index is 1.79. The SMILES string of the molecule is CC(C)(C)NC(=O)n1ccc(-c2ccc(-n3ccnc3)cc2)n1. The van der Waals surface area contributed by atoms with Crippen LogP contribution in [0, 0.1) is 0 Å². The van der Waals surface area contributed by atoms with Gasteiger partial charge in [0, 0.05) is 35.4 Å². The molecule has 0 aliphatic rings. The van der Waals surface area contributed by atoms with Crippen LogP contribution in [0.1, 0.15) is 20.8 Å². The van der Waals surface area contributed by atoms with Gasteiger partial charge in [0.2, 0.25) is 0 Å². The minimum absolute atomic E-state index is 0.237. The molecular formula is C17H19N5O. The number of carbonyl (C=O) groups excluding carboxylic acids is 1. The van der Waals surface area contributed by atoms with E-state index in [0.717, 1.165) is 16.9 Å². The van der Waals surface area contributed by atoms with E-state index in [0.29, 0.717) is 0 Å². The van der Waals surface area contributed by atoms with E-state index >= 15 is 0 Å². The zero-order valence-electron chi connectivity index (χ0n) is 13.4. The van der Waals surface area contributed by atoms with E-state index in [-0.39, 0.29) is 11.6 Å². The summed E-state index contributed by atoms with van der Waals surface area (Å²) in [5.74, 6) is 0. The molecule has 3 aromatic rings. The van der Waals surface area contributed by atoms with Crippen molar-refractivity contribution in [3.05, 3.63) is 55.2 Å². The van der Waals surface area contributed by atoms with Crippen LogP contribution >= 0.6 is 0 Å². The number of nitrogens with zero attached hydrogens (tertiary/aromatic N) is 4. The molecule has 2 aromatic heterocycles. The minimum atomic E-state index is -0.296. The van der Waals surface area contributed by atoms with Crippen LogP contribution in [-0.2, 0) is 0 Å². The molecule has 6 heteroatoms. The molecule has 1 N–H and O–H groups in total. The molecule has 118 valence electrons. The number of hydrogen-bond donors (Lipinski definition) is 1. The molecule has 0 saturated heterocycles. The molecule has 23 heavy (non-hydrogen) atoms. The van der Waals surface area contributed by atoms with Crippen molar-refractivity contribution < 1.29 is 4.79 Å². The van der Waals surface area contributed by atoms with Crippen LogP contribution in [0.2, 0.25) is 0 Å². The van der Waals surface area contributed by atoms with Gasteiger partial charge in [-0.05, 0) is 39.0 Å². The largest absolute Gasteiger partial charge is 0.342 e. The maximum atomic E-state index is 12.1. The first-order valence-corrected chi connectivity index (χ1v) is 7.39. The number of imidazole rings is 1. The van der Waals surface area contributed by atoms with Crippen molar-refractivity contribution in [3.63, 3.8) is 0 Å². The van der Waals surface area contributed by atoms with Crippen molar-refractivity contribution in [1.82, 2.24) is 24.6 Å². The highest BCUT2D eigenvalue weighted by Gasteiger charge is 2.16. The van der Waals surface area contributed by atoms with Crippen LogP contribution in [0.3, 0.4) is 0 Å². The molecule has 0 spiro atoms. The van der Waals surface area contributed by atoms with Gasteiger partial charge in [-0.15, -0.1) is 0 Å². The second kappa shape index (κ2) is 5.72. The van der Waals surface area contributed by atoms with Gasteiger partial charge in [-0.1, -0.05) is 12.1 Å². The molecule has 6 nitrogen and oxygen atoms in total. The third kappa shape index (κ3) is 3.48. The second-order valence-corrected chi connectivity index (χ2v) is 6.34. The molecular weight excluding hydrogens is 290 g/mol. The van der Waals surface area contributed by atoms with Crippen molar-refractivity contribution in [2.45, 2.75) is 26.3 Å². The lowest BCUT2D eigenvalue weighted by molar-refractivity contribution is 0.230. The summed E-state index contributed by atoms with van der Waals surface area (Å²) < 4.78 is 3.25. The summed E-state index contributed by atoms with van der Waals surface area (Å²) in [5, 5.41) is 7.22. The first-order valence-electron chi connectivity index (χ1n) is 7.39. The highest BCUT2D eigenvalue weighted by atomic mass is 16.2. The smallest absolute Gasteiger partial charge is 0.332 e. The van der Waals surface area contributed by atoms with Crippen molar-refractivity contribution in [2.75, 3.05) is 0 Å². The highest BCUT2D eigenvalue weighted by molar-refractivity contribution is 5.77. The summed E-state index contributed by atoms with van der Waals surface area (Å²) in [6.45, 7) is 5.80. The standard InChI is InChI=1S/C17H19N5O/c1-17(2,3)19-16(23)22-10-8-15(20-22)13-4-6-14(7-5-13)21-11-9-18-12-21/h4-12H,1-3H3,(H,19,23). The van der Waals surface area contributed by atoms with E-state index in [2.05, 4.69) is 15.4 Å². The quantitative estimate of drug-likeness (QED) is 0.791. The summed E-state index contributed by atoms with van der Waals surface area (Å²) in [7, 11) is 0. The summed E-state index contributed by atoms with van der Waals surface area (Å²) >= 11 is 0. The van der Waals surface area contributed by atoms with Gasteiger partial charge < -0.3 is 9.88 Å². The van der Waals surface area contributed by atoms with Gasteiger partial charge in [-0.2, -0.15) is 9.78 Å². The van der Waals surface area contributed by atoms with Gasteiger partial charge in [-0.3, -0.25) is 0 Å². The van der Waals surface area contributed by atoms with Crippen molar-refractivity contribution >= 4 is 6.03 Å². The number of carbonyl (C=O) groups is 1. The summed E-state index contributed by atoms with van der Waals surface area (Å²) in [4.78, 5) is 16.1. The fourth-order valence-corrected chi connectivity index (χ4v) is 2.19. The molecule has 0 fully saturated rings. The summed E-state index contributed by atoms with van der Waals surface area (Å²) in [5.41, 5.74) is 2.44. The first-order chi connectivity index (χ1) is 10.9. The maximum Gasteiger partial charge on any atom is 0.342 e. The summed E-state index contributed by atoms with van der Waals surface area (Å²) in [6, 6.07) is 9.52. The van der Waals surface area contributed by atoms with Gasteiger partial charge in [0.1, 0.15) is 0 Å². The fourth-order valence-electron chi connectivity index (χ4n) is 2.19. The Morgan fingerprint density at radius 3 is 2.43 bits per heavy atom. The molecule has 2 heterocycles. The Kier molecular flexibility index (Phi) is 3.73. The van der Waals surface area contributed by atoms with Crippen LogP contribution in [-0.4, -0.2) is 30.9 Å². The van der Waals surface area contributed by atoms with E-state index in [1.165, 1.54) is 4.68 Å². The van der Waals surface area contributed by atoms with Crippen LogP contribution < -0.4 is 5.32 Å². The van der Waals surface area contributed by atoms with E-state index in [9.17, 15) is 4.79 Å². The van der Waals surface area contributed by atoms with Gasteiger partial charge >= 0.3 is 6.03 Å². The molecule has 0 radical (unpaired) electrons. The number of nitrogens with one attached hydrogen (secondary N) is 1. The zero-order chi connectivity index (χ0) is 16.4. The Morgan fingerprint density at radius 1 is 1.09 bits per heavy atom. The molecule has 0 unspecified atom stereocenters. The monoisotopic (exact) mass is 309 g/mol. The van der Waals surface area contributed by atoms with Crippen molar-refractivity contribution in [3.8, 4) is 16.9 Å². The molecule has 1 aromatic carbocycles. The Morgan fingerprint density at radius 2 is 1.83 bits per heavy atom. The lowest BCUT2D eigenvalue weighted by Crippen LogP contribution is -2.43. The van der Waals surface area contributed by atoms with Gasteiger partial charge in [-0.25, -0.2) is 9.78 Å². The molecule has 0 bridgehead atoms. The molecule has 0 aliphatic heterocycles. The Labute approximate surface area is 134 Å². The zero-order valence-corrected chi connectivity index (χ0v) is 13.4. The van der Waals surface area contributed by atoms with Crippen LogP contribution in [0.5, 0.6) is 0 Å².